The third-order valence-electron chi connectivity index (χ3n) is 2.58. The number of benzene rings is 1. The van der Waals surface area contributed by atoms with Gasteiger partial charge in [0.2, 0.25) is 0 Å². The molecule has 88 valence electrons. The molecule has 0 saturated carbocycles. The van der Waals surface area contributed by atoms with E-state index >= 15 is 0 Å². The second-order valence-electron chi connectivity index (χ2n) is 3.85. The summed E-state index contributed by atoms with van der Waals surface area (Å²) in [6.45, 7) is 2.87. The van der Waals surface area contributed by atoms with Crippen LogP contribution >= 0.6 is 15.9 Å². The van der Waals surface area contributed by atoms with Gasteiger partial charge in [-0.05, 0) is 24.6 Å². The van der Waals surface area contributed by atoms with Gasteiger partial charge in [0.15, 0.2) is 0 Å². The minimum atomic E-state index is 0.296. The summed E-state index contributed by atoms with van der Waals surface area (Å²) in [6.07, 6.45) is 5.17. The summed E-state index contributed by atoms with van der Waals surface area (Å²) in [4.78, 5) is 8.26. The number of nitrogens with one attached hydrogen (secondary N) is 1. The highest BCUT2D eigenvalue weighted by Gasteiger charge is 2.04. The molecule has 17 heavy (non-hydrogen) atoms. The summed E-state index contributed by atoms with van der Waals surface area (Å²) >= 11 is 3.43. The van der Waals surface area contributed by atoms with Gasteiger partial charge in [-0.2, -0.15) is 0 Å². The molecule has 0 amide bonds. The average molecular weight is 292 g/mol. The zero-order valence-electron chi connectivity index (χ0n) is 9.60. The van der Waals surface area contributed by atoms with Crippen LogP contribution in [-0.4, -0.2) is 9.97 Å². The fourth-order valence-corrected chi connectivity index (χ4v) is 1.81. The summed E-state index contributed by atoms with van der Waals surface area (Å²) in [6, 6.07) is 8.62. The van der Waals surface area contributed by atoms with Gasteiger partial charge in [-0.15, -0.1) is 0 Å². The van der Waals surface area contributed by atoms with Crippen LogP contribution in [0.3, 0.4) is 0 Å². The molecule has 0 unspecified atom stereocenters. The Morgan fingerprint density at radius 1 is 1.24 bits per heavy atom. The van der Waals surface area contributed by atoms with Crippen molar-refractivity contribution in [3.63, 3.8) is 0 Å². The zero-order chi connectivity index (χ0) is 12.1. The first kappa shape index (κ1) is 12.2. The van der Waals surface area contributed by atoms with Gasteiger partial charge in [-0.1, -0.05) is 28.1 Å². The first-order chi connectivity index (χ1) is 8.25. The number of hydrogen-bond donors (Lipinski definition) is 1. The molecule has 3 nitrogen and oxygen atoms in total. The molecule has 0 aliphatic carbocycles. The van der Waals surface area contributed by atoms with Crippen LogP contribution < -0.4 is 5.32 Å². The summed E-state index contributed by atoms with van der Waals surface area (Å²) in [7, 11) is 0. The zero-order valence-corrected chi connectivity index (χ0v) is 11.2. The van der Waals surface area contributed by atoms with Crippen LogP contribution in [0.5, 0.6) is 0 Å². The molecule has 1 heterocycles. The number of hydrogen-bond acceptors (Lipinski definition) is 3. The monoisotopic (exact) mass is 291 g/mol. The van der Waals surface area contributed by atoms with E-state index < -0.39 is 0 Å². The lowest BCUT2D eigenvalue weighted by molar-refractivity contribution is 0.566. The third kappa shape index (κ3) is 3.61. The predicted molar refractivity (Wildman–Crippen MR) is 71.4 cm³/mol. The topological polar surface area (TPSA) is 37.8 Å². The molecule has 1 aromatic carbocycles. The fourth-order valence-electron chi connectivity index (χ4n) is 1.55. The van der Waals surface area contributed by atoms with E-state index in [0.29, 0.717) is 6.04 Å². The standard InChI is InChI=1S/C13H14BrN3/c1-10(11-2-4-12(14)5-3-11)17-9-13-8-15-6-7-16-13/h2-8,10,17H,9H2,1H3/t10-/m0/s1. The van der Waals surface area contributed by atoms with Crippen LogP contribution in [0, 0.1) is 0 Å². The van der Waals surface area contributed by atoms with Crippen molar-refractivity contribution in [3.8, 4) is 0 Å². The van der Waals surface area contributed by atoms with Gasteiger partial charge in [0, 0.05) is 35.6 Å². The number of nitrogens with zero attached hydrogens (tertiary/aromatic N) is 2. The number of aromatic nitrogens is 2. The summed E-state index contributed by atoms with van der Waals surface area (Å²) in [5, 5.41) is 3.42. The summed E-state index contributed by atoms with van der Waals surface area (Å²) in [5.41, 5.74) is 2.22. The van der Waals surface area contributed by atoms with Crippen LogP contribution in [0.2, 0.25) is 0 Å². The molecule has 0 radical (unpaired) electrons. The lowest BCUT2D eigenvalue weighted by Crippen LogP contribution is -2.18. The van der Waals surface area contributed by atoms with Gasteiger partial charge in [-0.3, -0.25) is 9.97 Å². The van der Waals surface area contributed by atoms with Crippen molar-refractivity contribution in [2.45, 2.75) is 19.5 Å². The highest BCUT2D eigenvalue weighted by molar-refractivity contribution is 9.10. The van der Waals surface area contributed by atoms with Crippen molar-refractivity contribution in [2.75, 3.05) is 0 Å². The molecule has 1 aromatic heterocycles. The SMILES string of the molecule is C[C@H](NCc1cnccn1)c1ccc(Br)cc1. The normalized spacial score (nSPS) is 12.4. The molecule has 2 rings (SSSR count). The van der Waals surface area contributed by atoms with Crippen molar-refractivity contribution in [2.24, 2.45) is 0 Å². The molecule has 1 N–H and O–H groups in total. The van der Waals surface area contributed by atoms with Gasteiger partial charge in [0.05, 0.1) is 5.69 Å². The molecule has 2 aromatic rings. The van der Waals surface area contributed by atoms with E-state index in [4.69, 9.17) is 0 Å². The largest absolute Gasteiger partial charge is 0.305 e. The first-order valence-electron chi connectivity index (χ1n) is 5.49. The van der Waals surface area contributed by atoms with E-state index in [-0.39, 0.29) is 0 Å². The Morgan fingerprint density at radius 2 is 2.00 bits per heavy atom. The van der Waals surface area contributed by atoms with Crippen LogP contribution in [-0.2, 0) is 6.54 Å². The molecular formula is C13H14BrN3. The van der Waals surface area contributed by atoms with Crippen molar-refractivity contribution in [1.29, 1.82) is 0 Å². The van der Waals surface area contributed by atoms with Gasteiger partial charge in [-0.25, -0.2) is 0 Å². The fraction of sp³-hybridized carbons (Fsp3) is 0.231. The molecule has 4 heteroatoms. The average Bonchev–Trinajstić information content (AvgIpc) is 2.38. The quantitative estimate of drug-likeness (QED) is 0.941. The predicted octanol–water partition coefficient (Wildman–Crippen LogP) is 3.09. The highest BCUT2D eigenvalue weighted by Crippen LogP contribution is 2.16. The maximum Gasteiger partial charge on any atom is 0.0724 e. The second-order valence-corrected chi connectivity index (χ2v) is 4.77. The minimum Gasteiger partial charge on any atom is -0.305 e. The van der Waals surface area contributed by atoms with Crippen molar-refractivity contribution >= 4 is 15.9 Å². The number of halogens is 1. The minimum absolute atomic E-state index is 0.296. The third-order valence-corrected chi connectivity index (χ3v) is 3.10. The Morgan fingerprint density at radius 3 is 2.65 bits per heavy atom. The van der Waals surface area contributed by atoms with Gasteiger partial charge in [0.25, 0.3) is 0 Å². The smallest absolute Gasteiger partial charge is 0.0724 e. The Labute approximate surface area is 109 Å². The van der Waals surface area contributed by atoms with Crippen molar-refractivity contribution in [1.82, 2.24) is 15.3 Å². The summed E-state index contributed by atoms with van der Waals surface area (Å²) in [5.74, 6) is 0. The Balaban J connectivity index is 1.93. The van der Waals surface area contributed by atoms with E-state index in [0.717, 1.165) is 16.7 Å². The molecule has 0 bridgehead atoms. The lowest BCUT2D eigenvalue weighted by atomic mass is 10.1. The van der Waals surface area contributed by atoms with E-state index in [1.807, 2.05) is 0 Å². The van der Waals surface area contributed by atoms with Crippen LogP contribution in [0.1, 0.15) is 24.2 Å². The van der Waals surface area contributed by atoms with E-state index in [9.17, 15) is 0 Å². The molecule has 0 saturated heterocycles. The van der Waals surface area contributed by atoms with Crippen molar-refractivity contribution < 1.29 is 0 Å². The number of rotatable bonds is 4. The second kappa shape index (κ2) is 5.89. The maximum absolute atomic E-state index is 4.23. The highest BCUT2D eigenvalue weighted by atomic mass is 79.9. The van der Waals surface area contributed by atoms with Gasteiger partial charge < -0.3 is 5.32 Å². The molecule has 0 aliphatic heterocycles. The Kier molecular flexibility index (Phi) is 4.23. The molecule has 0 fully saturated rings. The van der Waals surface area contributed by atoms with E-state index in [1.54, 1.807) is 18.6 Å². The van der Waals surface area contributed by atoms with Crippen LogP contribution in [0.15, 0.2) is 47.3 Å². The Bertz CT molecular complexity index is 456. The van der Waals surface area contributed by atoms with Gasteiger partial charge >= 0.3 is 0 Å². The lowest BCUT2D eigenvalue weighted by Gasteiger charge is -2.13. The molecule has 1 atom stereocenters. The van der Waals surface area contributed by atoms with E-state index in [2.05, 4.69) is 62.4 Å². The molecule has 0 aliphatic rings. The van der Waals surface area contributed by atoms with Crippen molar-refractivity contribution in [3.05, 3.63) is 58.6 Å². The van der Waals surface area contributed by atoms with Crippen LogP contribution in [0.25, 0.3) is 0 Å². The maximum atomic E-state index is 4.23. The van der Waals surface area contributed by atoms with E-state index in [1.165, 1.54) is 5.56 Å². The first-order valence-corrected chi connectivity index (χ1v) is 6.29. The van der Waals surface area contributed by atoms with Crippen LogP contribution in [0.4, 0.5) is 0 Å². The molecule has 0 spiro atoms. The summed E-state index contributed by atoms with van der Waals surface area (Å²) < 4.78 is 1.10. The Hall–Kier alpha value is -1.26. The van der Waals surface area contributed by atoms with Gasteiger partial charge in [0.1, 0.15) is 0 Å². The molecular weight excluding hydrogens is 278 g/mol.